The highest BCUT2D eigenvalue weighted by Gasteiger charge is 2.04. The fraction of sp³-hybridized carbons (Fsp3) is 0.412. The summed E-state index contributed by atoms with van der Waals surface area (Å²) in [6.45, 7) is 5.94. The Morgan fingerprint density at radius 3 is 2.59 bits per heavy atom. The Labute approximate surface area is 132 Å². The van der Waals surface area contributed by atoms with Crippen molar-refractivity contribution in [2.45, 2.75) is 39.7 Å². The van der Waals surface area contributed by atoms with Crippen molar-refractivity contribution in [2.75, 3.05) is 22.9 Å². The summed E-state index contributed by atoms with van der Waals surface area (Å²) >= 11 is 0. The molecule has 0 saturated heterocycles. The van der Waals surface area contributed by atoms with E-state index >= 15 is 0 Å². The van der Waals surface area contributed by atoms with Gasteiger partial charge in [0.2, 0.25) is 0 Å². The molecule has 0 aliphatic rings. The number of nitrogen functional groups attached to an aromatic ring is 1. The van der Waals surface area contributed by atoms with Gasteiger partial charge in [-0.1, -0.05) is 26.3 Å². The number of aromatic nitrogens is 2. The summed E-state index contributed by atoms with van der Waals surface area (Å²) in [7, 11) is 0. The molecule has 0 atom stereocenters. The molecule has 0 saturated carbocycles. The van der Waals surface area contributed by atoms with Crippen LogP contribution in [0.1, 0.15) is 37.8 Å². The highest BCUT2D eigenvalue weighted by atomic mass is 15.0. The molecule has 4 N–H and O–H groups in total. The third kappa shape index (κ3) is 4.62. The summed E-state index contributed by atoms with van der Waals surface area (Å²) in [4.78, 5) is 8.81. The number of aryl methyl sites for hydroxylation is 1. The molecular formula is C17H25N5. The lowest BCUT2D eigenvalue weighted by Gasteiger charge is -2.11. The number of nitrogens with one attached hydrogen (secondary N) is 2. The third-order valence-corrected chi connectivity index (χ3v) is 3.35. The first kappa shape index (κ1) is 16.1. The number of pyridine rings is 2. The van der Waals surface area contributed by atoms with Crippen molar-refractivity contribution >= 4 is 17.3 Å². The van der Waals surface area contributed by atoms with Crippen molar-refractivity contribution in [1.29, 1.82) is 0 Å². The maximum absolute atomic E-state index is 5.81. The molecule has 0 radical (unpaired) electrons. The van der Waals surface area contributed by atoms with Gasteiger partial charge < -0.3 is 16.4 Å². The van der Waals surface area contributed by atoms with E-state index < -0.39 is 0 Å². The second kappa shape index (κ2) is 8.22. The second-order valence-electron chi connectivity index (χ2n) is 5.36. The van der Waals surface area contributed by atoms with Crippen molar-refractivity contribution in [1.82, 2.24) is 9.97 Å². The number of hydrogen-bond acceptors (Lipinski definition) is 5. The predicted molar refractivity (Wildman–Crippen MR) is 93.0 cm³/mol. The molecule has 0 amide bonds. The topological polar surface area (TPSA) is 75.9 Å². The normalized spacial score (nSPS) is 10.5. The Balaban J connectivity index is 1.97. The minimum atomic E-state index is 0.703. The minimum Gasteiger partial charge on any atom is -0.397 e. The molecule has 118 valence electrons. The lowest BCUT2D eigenvalue weighted by Crippen LogP contribution is -2.07. The molecule has 0 aliphatic carbocycles. The first-order valence-electron chi connectivity index (χ1n) is 7.90. The van der Waals surface area contributed by atoms with Crippen LogP contribution >= 0.6 is 0 Å². The fourth-order valence-corrected chi connectivity index (χ4v) is 2.22. The molecule has 0 aromatic carbocycles. The van der Waals surface area contributed by atoms with E-state index in [4.69, 9.17) is 5.73 Å². The van der Waals surface area contributed by atoms with Crippen LogP contribution in [0.25, 0.3) is 0 Å². The summed E-state index contributed by atoms with van der Waals surface area (Å²) in [5.41, 5.74) is 8.82. The van der Waals surface area contributed by atoms with E-state index in [1.165, 1.54) is 0 Å². The Kier molecular flexibility index (Phi) is 6.01. The molecule has 22 heavy (non-hydrogen) atoms. The smallest absolute Gasteiger partial charge is 0.129 e. The molecule has 0 aliphatic heterocycles. The van der Waals surface area contributed by atoms with Gasteiger partial charge in [0, 0.05) is 19.3 Å². The van der Waals surface area contributed by atoms with Gasteiger partial charge in [-0.3, -0.25) is 0 Å². The monoisotopic (exact) mass is 299 g/mol. The number of nitrogens with zero attached hydrogens (tertiary/aromatic N) is 2. The Morgan fingerprint density at radius 2 is 1.91 bits per heavy atom. The molecule has 0 spiro atoms. The molecule has 5 heteroatoms. The van der Waals surface area contributed by atoms with Crippen LogP contribution in [-0.2, 0) is 13.0 Å². The van der Waals surface area contributed by atoms with Crippen molar-refractivity contribution in [3.63, 3.8) is 0 Å². The van der Waals surface area contributed by atoms with E-state index in [-0.39, 0.29) is 0 Å². The lowest BCUT2D eigenvalue weighted by molar-refractivity contribution is 0.910. The van der Waals surface area contributed by atoms with Crippen LogP contribution in [0.4, 0.5) is 17.3 Å². The molecule has 0 fully saturated rings. The van der Waals surface area contributed by atoms with Crippen molar-refractivity contribution in [3.8, 4) is 0 Å². The van der Waals surface area contributed by atoms with Crippen LogP contribution in [0.5, 0.6) is 0 Å². The van der Waals surface area contributed by atoms with E-state index in [2.05, 4.69) is 40.5 Å². The van der Waals surface area contributed by atoms with Crippen molar-refractivity contribution in [2.24, 2.45) is 0 Å². The maximum atomic E-state index is 5.81. The summed E-state index contributed by atoms with van der Waals surface area (Å²) in [5, 5.41) is 6.65. The zero-order chi connectivity index (χ0) is 15.8. The van der Waals surface area contributed by atoms with Gasteiger partial charge in [0.05, 0.1) is 11.9 Å². The first-order valence-corrected chi connectivity index (χ1v) is 7.90. The number of nitrogens with two attached hydrogens (primary N) is 1. The minimum absolute atomic E-state index is 0.703. The van der Waals surface area contributed by atoms with Gasteiger partial charge in [-0.25, -0.2) is 9.97 Å². The maximum Gasteiger partial charge on any atom is 0.129 e. The standard InChI is InChI=1S/C17H25N5/c1-3-5-14-9-15(18)12-22-17(14)21-11-13-6-7-16(20-10-13)19-8-4-2/h6-7,9-10,12H,3-5,8,11,18H2,1-2H3,(H,19,20)(H,21,22). The summed E-state index contributed by atoms with van der Waals surface area (Å²) in [6.07, 6.45) is 6.71. The Bertz CT molecular complexity index is 580. The highest BCUT2D eigenvalue weighted by Crippen LogP contribution is 2.18. The summed E-state index contributed by atoms with van der Waals surface area (Å²) < 4.78 is 0. The Morgan fingerprint density at radius 1 is 1.05 bits per heavy atom. The van der Waals surface area contributed by atoms with Crippen LogP contribution < -0.4 is 16.4 Å². The van der Waals surface area contributed by atoms with Crippen LogP contribution in [0.2, 0.25) is 0 Å². The Hall–Kier alpha value is -2.30. The van der Waals surface area contributed by atoms with E-state index in [1.54, 1.807) is 6.20 Å². The number of anilines is 3. The molecule has 2 aromatic rings. The molecule has 0 unspecified atom stereocenters. The highest BCUT2D eigenvalue weighted by molar-refractivity contribution is 5.52. The SMILES string of the molecule is CCCNc1ccc(CNc2ncc(N)cc2CCC)cn1. The predicted octanol–water partition coefficient (Wildman–Crippen LogP) is 3.45. The second-order valence-corrected chi connectivity index (χ2v) is 5.36. The zero-order valence-electron chi connectivity index (χ0n) is 13.4. The average Bonchev–Trinajstić information content (AvgIpc) is 2.53. The zero-order valence-corrected chi connectivity index (χ0v) is 13.4. The van der Waals surface area contributed by atoms with E-state index in [0.29, 0.717) is 12.2 Å². The van der Waals surface area contributed by atoms with Gasteiger partial charge in [0.25, 0.3) is 0 Å². The average molecular weight is 299 g/mol. The number of rotatable bonds is 8. The molecule has 2 rings (SSSR count). The van der Waals surface area contributed by atoms with E-state index in [9.17, 15) is 0 Å². The molecular weight excluding hydrogens is 274 g/mol. The lowest BCUT2D eigenvalue weighted by atomic mass is 10.1. The fourth-order valence-electron chi connectivity index (χ4n) is 2.22. The van der Waals surface area contributed by atoms with Gasteiger partial charge in [0.1, 0.15) is 11.6 Å². The number of hydrogen-bond donors (Lipinski definition) is 3. The van der Waals surface area contributed by atoms with Gasteiger partial charge in [-0.05, 0) is 36.1 Å². The van der Waals surface area contributed by atoms with Crippen LogP contribution in [0.15, 0.2) is 30.6 Å². The van der Waals surface area contributed by atoms with Gasteiger partial charge in [-0.15, -0.1) is 0 Å². The van der Waals surface area contributed by atoms with E-state index in [1.807, 2.05) is 18.3 Å². The van der Waals surface area contributed by atoms with Crippen molar-refractivity contribution in [3.05, 3.63) is 41.7 Å². The van der Waals surface area contributed by atoms with Gasteiger partial charge >= 0.3 is 0 Å². The summed E-state index contributed by atoms with van der Waals surface area (Å²) in [5.74, 6) is 1.83. The van der Waals surface area contributed by atoms with Crippen LogP contribution in [0, 0.1) is 0 Å². The van der Waals surface area contributed by atoms with Gasteiger partial charge in [0.15, 0.2) is 0 Å². The molecule has 2 heterocycles. The van der Waals surface area contributed by atoms with Crippen molar-refractivity contribution < 1.29 is 0 Å². The molecule has 2 aromatic heterocycles. The largest absolute Gasteiger partial charge is 0.397 e. The quantitative estimate of drug-likeness (QED) is 0.696. The van der Waals surface area contributed by atoms with Crippen LogP contribution in [-0.4, -0.2) is 16.5 Å². The van der Waals surface area contributed by atoms with E-state index in [0.717, 1.165) is 48.6 Å². The van der Waals surface area contributed by atoms with Crippen LogP contribution in [0.3, 0.4) is 0 Å². The third-order valence-electron chi connectivity index (χ3n) is 3.35. The molecule has 5 nitrogen and oxygen atoms in total. The molecule has 0 bridgehead atoms. The van der Waals surface area contributed by atoms with Gasteiger partial charge in [-0.2, -0.15) is 0 Å². The summed E-state index contributed by atoms with van der Waals surface area (Å²) in [6, 6.07) is 6.08. The first-order chi connectivity index (χ1) is 10.7.